The predicted octanol–water partition coefficient (Wildman–Crippen LogP) is 2.17. The molecule has 0 aromatic heterocycles. The first-order valence-corrected chi connectivity index (χ1v) is 11.7. The first-order valence-electron chi connectivity index (χ1n) is 10.2. The Morgan fingerprint density at radius 3 is 2.04 bits per heavy atom. The van der Waals surface area contributed by atoms with Crippen LogP contribution in [0.3, 0.4) is 0 Å². The van der Waals surface area contributed by atoms with E-state index in [4.69, 9.17) is 9.29 Å². The van der Waals surface area contributed by atoms with Gasteiger partial charge >= 0.3 is 21.6 Å². The van der Waals surface area contributed by atoms with Crippen LogP contribution >= 0.6 is 0 Å². The molecule has 1 aliphatic heterocycles. The van der Waals surface area contributed by atoms with Crippen molar-refractivity contribution < 1.29 is 31.7 Å². The molecule has 0 aromatic carbocycles. The molecular weight excluding hydrogens is 389 g/mol. The third-order valence-electron chi connectivity index (χ3n) is 7.30. The topological polar surface area (TPSA) is 101 Å². The molecule has 0 radical (unpaired) electrons. The van der Waals surface area contributed by atoms with Crippen LogP contribution in [0.5, 0.6) is 0 Å². The maximum Gasteiger partial charge on any atom is 0.312 e. The lowest BCUT2D eigenvalue weighted by Gasteiger charge is -2.55. The van der Waals surface area contributed by atoms with E-state index < -0.39 is 21.5 Å². The van der Waals surface area contributed by atoms with Crippen LogP contribution in [0.15, 0.2) is 0 Å². The van der Waals surface area contributed by atoms with Gasteiger partial charge < -0.3 is 9.64 Å². The van der Waals surface area contributed by atoms with E-state index in [1.165, 1.54) is 19.3 Å². The summed E-state index contributed by atoms with van der Waals surface area (Å²) in [7, 11) is -5.04. The van der Waals surface area contributed by atoms with Crippen molar-refractivity contribution in [1.82, 2.24) is 4.90 Å². The number of piperidine rings is 1. The Morgan fingerprint density at radius 2 is 1.57 bits per heavy atom. The minimum Gasteiger partial charge on any atom is -0.465 e. The molecule has 9 heteroatoms. The van der Waals surface area contributed by atoms with E-state index in [1.807, 2.05) is 0 Å². The molecule has 0 aromatic rings. The average molecular weight is 417 g/mol. The smallest absolute Gasteiger partial charge is 0.312 e. The number of carbonyl (C=O) groups excluding carboxylic acids is 2. The third kappa shape index (κ3) is 3.79. The molecule has 1 atom stereocenters. The summed E-state index contributed by atoms with van der Waals surface area (Å²) in [5.41, 5.74) is -3.22. The molecule has 5 rings (SSSR count). The highest BCUT2D eigenvalue weighted by molar-refractivity contribution is 7.87. The van der Waals surface area contributed by atoms with Crippen LogP contribution in [0.1, 0.15) is 51.4 Å². The molecule has 7 nitrogen and oxygen atoms in total. The normalized spacial score (nSPS) is 36.4. The Bertz CT molecular complexity index is 710. The summed E-state index contributed by atoms with van der Waals surface area (Å²) in [6.45, 7) is 0.669. The molecule has 28 heavy (non-hydrogen) atoms. The summed E-state index contributed by atoms with van der Waals surface area (Å²) >= 11 is 0. The Kier molecular flexibility index (Phi) is 5.18. The number of rotatable bonds is 5. The summed E-state index contributed by atoms with van der Waals surface area (Å²) < 4.78 is 49.5. The number of alkyl halides is 1. The van der Waals surface area contributed by atoms with Crippen molar-refractivity contribution in [2.75, 3.05) is 19.7 Å². The lowest BCUT2D eigenvalue weighted by Crippen LogP contribution is -2.51. The molecule has 1 heterocycles. The maximum absolute atomic E-state index is 13.5. The second kappa shape index (κ2) is 7.23. The van der Waals surface area contributed by atoms with E-state index in [0.717, 1.165) is 24.2 Å². The van der Waals surface area contributed by atoms with E-state index in [-0.39, 0.29) is 30.4 Å². The summed E-state index contributed by atoms with van der Waals surface area (Å²) in [6.07, 6.45) is 7.68. The third-order valence-corrected chi connectivity index (χ3v) is 8.03. The highest BCUT2D eigenvalue weighted by Crippen LogP contribution is 2.60. The molecule has 0 spiro atoms. The zero-order chi connectivity index (χ0) is 20.1. The largest absolute Gasteiger partial charge is 0.465 e. The number of carbonyl (C=O) groups is 2. The van der Waals surface area contributed by atoms with Crippen molar-refractivity contribution in [2.24, 2.45) is 29.1 Å². The lowest BCUT2D eigenvalue weighted by atomic mass is 9.49. The molecule has 1 unspecified atom stereocenters. The van der Waals surface area contributed by atoms with Gasteiger partial charge in [0.2, 0.25) is 0 Å². The van der Waals surface area contributed by atoms with Gasteiger partial charge in [0.25, 0.3) is 5.91 Å². The second-order valence-corrected chi connectivity index (χ2v) is 10.8. The van der Waals surface area contributed by atoms with Gasteiger partial charge in [0.15, 0.2) is 0 Å². The Labute approximate surface area is 164 Å². The summed E-state index contributed by atoms with van der Waals surface area (Å²) in [6, 6.07) is 0. The van der Waals surface area contributed by atoms with Crippen LogP contribution < -0.4 is 0 Å². The number of amides is 1. The van der Waals surface area contributed by atoms with Gasteiger partial charge in [0.1, 0.15) is 0 Å². The Balaban J connectivity index is 1.26. The van der Waals surface area contributed by atoms with Gasteiger partial charge in [-0.05, 0) is 75.0 Å². The lowest BCUT2D eigenvalue weighted by molar-refractivity contribution is -0.173. The molecule has 158 valence electrons. The monoisotopic (exact) mass is 417 g/mol. The molecule has 5 fully saturated rings. The molecule has 4 saturated carbocycles. The van der Waals surface area contributed by atoms with Gasteiger partial charge in [-0.25, -0.2) is 4.39 Å². The molecule has 1 saturated heterocycles. The average Bonchev–Trinajstić information content (AvgIpc) is 2.63. The number of hydrogen-bond donors (Lipinski definition) is 1. The van der Waals surface area contributed by atoms with Gasteiger partial charge in [-0.3, -0.25) is 14.1 Å². The van der Waals surface area contributed by atoms with Crippen LogP contribution in [0.4, 0.5) is 4.39 Å². The standard InChI is InChI=1S/C19H28FNO6S/c20-16(28(24,25)26)17(22)21-3-1-12(2-4-21)11-27-18(23)19-8-13-5-14(9-19)7-15(6-13)10-19/h12-16H,1-11H2,(H,24,25,26). The van der Waals surface area contributed by atoms with Crippen molar-refractivity contribution in [3.63, 3.8) is 0 Å². The van der Waals surface area contributed by atoms with Crippen LogP contribution in [0.2, 0.25) is 0 Å². The Morgan fingerprint density at radius 1 is 1.07 bits per heavy atom. The zero-order valence-corrected chi connectivity index (χ0v) is 16.7. The van der Waals surface area contributed by atoms with Crippen LogP contribution in [0.25, 0.3) is 0 Å². The highest BCUT2D eigenvalue weighted by atomic mass is 32.2. The number of hydrogen-bond acceptors (Lipinski definition) is 5. The van der Waals surface area contributed by atoms with E-state index in [2.05, 4.69) is 0 Å². The quantitative estimate of drug-likeness (QED) is 0.543. The van der Waals surface area contributed by atoms with Crippen molar-refractivity contribution in [1.29, 1.82) is 0 Å². The summed E-state index contributed by atoms with van der Waals surface area (Å²) in [5.74, 6) is 0.788. The zero-order valence-electron chi connectivity index (χ0n) is 15.9. The molecule has 1 amide bonds. The van der Waals surface area contributed by atoms with Crippen LogP contribution in [-0.2, 0) is 24.4 Å². The number of esters is 1. The minimum atomic E-state index is -5.04. The van der Waals surface area contributed by atoms with Crippen molar-refractivity contribution >= 4 is 22.0 Å². The number of ether oxygens (including phenoxy) is 1. The van der Waals surface area contributed by atoms with Gasteiger partial charge in [-0.1, -0.05) is 0 Å². The molecule has 4 aliphatic carbocycles. The molecule has 1 N–H and O–H groups in total. The fourth-order valence-corrected chi connectivity index (χ4v) is 6.70. The van der Waals surface area contributed by atoms with Gasteiger partial charge in [-0.15, -0.1) is 0 Å². The summed E-state index contributed by atoms with van der Waals surface area (Å²) in [4.78, 5) is 25.8. The highest BCUT2D eigenvalue weighted by Gasteiger charge is 2.55. The van der Waals surface area contributed by atoms with Crippen LogP contribution in [0, 0.1) is 29.1 Å². The SMILES string of the molecule is O=C(C(F)S(=O)(=O)O)N1CCC(COC(=O)C23CC4CC(CC(C4)C2)C3)CC1. The van der Waals surface area contributed by atoms with Gasteiger partial charge in [-0.2, -0.15) is 8.42 Å². The molecular formula is C19H28FNO6S. The Hall–Kier alpha value is -1.22. The van der Waals surface area contributed by atoms with Gasteiger partial charge in [0.05, 0.1) is 12.0 Å². The predicted molar refractivity (Wildman–Crippen MR) is 97.3 cm³/mol. The van der Waals surface area contributed by atoms with Crippen molar-refractivity contribution in [3.8, 4) is 0 Å². The van der Waals surface area contributed by atoms with E-state index in [9.17, 15) is 22.4 Å². The summed E-state index contributed by atoms with van der Waals surface area (Å²) in [5, 5.41) is 0. The van der Waals surface area contributed by atoms with Crippen molar-refractivity contribution in [2.45, 2.75) is 56.9 Å². The van der Waals surface area contributed by atoms with Gasteiger partial charge in [0, 0.05) is 13.1 Å². The molecule has 5 aliphatic rings. The number of halogens is 1. The first-order chi connectivity index (χ1) is 13.2. The fourth-order valence-electron chi connectivity index (χ4n) is 6.30. The van der Waals surface area contributed by atoms with E-state index in [0.29, 0.717) is 37.2 Å². The van der Waals surface area contributed by atoms with Crippen LogP contribution in [-0.4, -0.2) is 54.9 Å². The van der Waals surface area contributed by atoms with E-state index >= 15 is 0 Å². The number of likely N-dealkylation sites (tertiary alicyclic amines) is 1. The molecule has 4 bridgehead atoms. The number of nitrogens with zero attached hydrogens (tertiary/aromatic N) is 1. The van der Waals surface area contributed by atoms with E-state index in [1.54, 1.807) is 0 Å². The van der Waals surface area contributed by atoms with Crippen molar-refractivity contribution in [3.05, 3.63) is 0 Å². The first kappa shape index (κ1) is 20.1. The minimum absolute atomic E-state index is 0.0692. The second-order valence-electron chi connectivity index (χ2n) is 9.40. The maximum atomic E-state index is 13.5. The fraction of sp³-hybridized carbons (Fsp3) is 0.895.